The molecule has 0 saturated heterocycles. The third-order valence-electron chi connectivity index (χ3n) is 4.97. The van der Waals surface area contributed by atoms with Gasteiger partial charge in [0.1, 0.15) is 6.61 Å². The van der Waals surface area contributed by atoms with Gasteiger partial charge < -0.3 is 34.7 Å². The Bertz CT molecular complexity index is 1140. The number of hydrogen-bond donors (Lipinski definition) is 2. The van der Waals surface area contributed by atoms with Gasteiger partial charge in [0.25, 0.3) is 0 Å². The van der Waals surface area contributed by atoms with Gasteiger partial charge in [-0.1, -0.05) is 24.3 Å². The summed E-state index contributed by atoms with van der Waals surface area (Å²) < 4.78 is 21.2. The number of aliphatic hydroxyl groups excluding tert-OH is 1. The number of methoxy groups -OCH3 is 2. The Labute approximate surface area is 215 Å². The number of aliphatic hydroxyl groups is 1. The van der Waals surface area contributed by atoms with Crippen LogP contribution in [0, 0.1) is 0 Å². The van der Waals surface area contributed by atoms with Crippen molar-refractivity contribution >= 4 is 29.8 Å². The Morgan fingerprint density at radius 2 is 1.43 bits per heavy atom. The van der Waals surface area contributed by atoms with Crippen LogP contribution < -0.4 is 24.7 Å². The quantitative estimate of drug-likeness (QED) is 0.289. The number of likely N-dealkylation sites (N-methyl/N-ethyl adjacent to an activating group) is 1. The van der Waals surface area contributed by atoms with E-state index in [1.807, 2.05) is 0 Å². The molecule has 0 unspecified atom stereocenters. The van der Waals surface area contributed by atoms with Crippen molar-refractivity contribution in [3.05, 3.63) is 59.7 Å². The number of benzene rings is 2. The molecular weight excluding hydrogens is 480 g/mol. The van der Waals surface area contributed by atoms with Crippen LogP contribution in [0.3, 0.4) is 0 Å². The summed E-state index contributed by atoms with van der Waals surface area (Å²) in [5.41, 5.74) is 6.76. The summed E-state index contributed by atoms with van der Waals surface area (Å²) in [7, 11) is 4.50. The number of nitrogens with two attached hydrogens (primary N) is 1. The number of rotatable bonds is 14. The molecule has 0 spiro atoms. The van der Waals surface area contributed by atoms with Gasteiger partial charge >= 0.3 is 6.09 Å². The summed E-state index contributed by atoms with van der Waals surface area (Å²) in [6, 6.07) is 9.90. The summed E-state index contributed by atoms with van der Waals surface area (Å²) >= 11 is 0. The SMILES string of the molecule is COc1cc(/C=C/C(=O)CC(=O)/C=C/c2ccc(OC(=O)N(C)CCN)c(OC)c2)ccc1OCCO. The number of hydrogen-bond acceptors (Lipinski definition) is 9. The number of carbonyl (C=O) groups excluding carboxylic acids is 3. The maximum absolute atomic E-state index is 12.3. The van der Waals surface area contributed by atoms with Gasteiger partial charge in [-0.25, -0.2) is 4.79 Å². The molecule has 2 rings (SSSR count). The molecule has 0 aliphatic heterocycles. The smallest absolute Gasteiger partial charge is 0.415 e. The minimum Gasteiger partial charge on any atom is -0.493 e. The van der Waals surface area contributed by atoms with Crippen LogP contribution in [-0.4, -0.2) is 75.2 Å². The van der Waals surface area contributed by atoms with Gasteiger partial charge in [-0.05, 0) is 47.5 Å². The monoisotopic (exact) mass is 512 g/mol. The number of allylic oxidation sites excluding steroid dienone is 2. The molecule has 0 saturated carbocycles. The second-order valence-corrected chi connectivity index (χ2v) is 7.75. The van der Waals surface area contributed by atoms with E-state index >= 15 is 0 Å². The molecule has 3 N–H and O–H groups in total. The van der Waals surface area contributed by atoms with Crippen LogP contribution in [-0.2, 0) is 9.59 Å². The molecule has 2 aromatic rings. The molecule has 0 bridgehead atoms. The van der Waals surface area contributed by atoms with Crippen molar-refractivity contribution < 1.29 is 38.4 Å². The Morgan fingerprint density at radius 1 is 0.892 bits per heavy atom. The van der Waals surface area contributed by atoms with E-state index in [1.54, 1.807) is 55.6 Å². The second-order valence-electron chi connectivity index (χ2n) is 7.75. The van der Waals surface area contributed by atoms with Crippen LogP contribution in [0.15, 0.2) is 48.6 Å². The summed E-state index contributed by atoms with van der Waals surface area (Å²) in [5.74, 6) is 0.729. The van der Waals surface area contributed by atoms with Crippen molar-refractivity contribution in [2.24, 2.45) is 5.73 Å². The average molecular weight is 513 g/mol. The van der Waals surface area contributed by atoms with Gasteiger partial charge in [-0.2, -0.15) is 0 Å². The van der Waals surface area contributed by atoms with Gasteiger partial charge in [0, 0.05) is 20.1 Å². The molecule has 0 aliphatic rings. The third kappa shape index (κ3) is 9.43. The lowest BCUT2D eigenvalue weighted by molar-refractivity contribution is -0.121. The Hall–Kier alpha value is -4.15. The highest BCUT2D eigenvalue weighted by atomic mass is 16.6. The highest BCUT2D eigenvalue weighted by Gasteiger charge is 2.14. The first kappa shape index (κ1) is 29.1. The first-order chi connectivity index (χ1) is 17.8. The number of nitrogens with zero attached hydrogens (tertiary/aromatic N) is 1. The first-order valence-electron chi connectivity index (χ1n) is 11.5. The second kappa shape index (κ2) is 15.1. The van der Waals surface area contributed by atoms with E-state index in [2.05, 4.69) is 0 Å². The van der Waals surface area contributed by atoms with Crippen LogP contribution in [0.4, 0.5) is 4.79 Å². The number of ketones is 2. The van der Waals surface area contributed by atoms with Crippen LogP contribution in [0.25, 0.3) is 12.2 Å². The molecule has 10 nitrogen and oxygen atoms in total. The van der Waals surface area contributed by atoms with Crippen molar-refractivity contribution in [1.82, 2.24) is 4.90 Å². The molecule has 37 heavy (non-hydrogen) atoms. The van der Waals surface area contributed by atoms with E-state index in [4.69, 9.17) is 29.8 Å². The molecule has 10 heteroatoms. The molecular formula is C27H32N2O8. The van der Waals surface area contributed by atoms with E-state index in [-0.39, 0.29) is 37.0 Å². The van der Waals surface area contributed by atoms with E-state index < -0.39 is 6.09 Å². The van der Waals surface area contributed by atoms with Gasteiger partial charge in [-0.3, -0.25) is 9.59 Å². The lowest BCUT2D eigenvalue weighted by atomic mass is 10.1. The summed E-state index contributed by atoms with van der Waals surface area (Å²) in [5, 5.41) is 8.89. The lowest BCUT2D eigenvalue weighted by Crippen LogP contribution is -2.33. The van der Waals surface area contributed by atoms with Crippen molar-refractivity contribution in [2.45, 2.75) is 6.42 Å². The molecule has 0 aliphatic carbocycles. The van der Waals surface area contributed by atoms with Crippen LogP contribution in [0.2, 0.25) is 0 Å². The number of amides is 1. The number of carbonyl (C=O) groups is 3. The Balaban J connectivity index is 1.97. The molecule has 2 aromatic carbocycles. The summed E-state index contributed by atoms with van der Waals surface area (Å²) in [6.45, 7) is 0.668. The Morgan fingerprint density at radius 3 is 1.95 bits per heavy atom. The zero-order valence-electron chi connectivity index (χ0n) is 21.1. The fourth-order valence-corrected chi connectivity index (χ4v) is 3.06. The standard InChI is InChI=1S/C27H32N2O8/c1-29(13-12-28)27(33)37-24-11-7-20(17-26(24)35-3)5-9-22(32)18-21(31)8-4-19-6-10-23(36-15-14-30)25(16-19)34-2/h4-11,16-17,30H,12-15,18,28H2,1-3H3/b8-4+,9-5+. The molecule has 0 aromatic heterocycles. The highest BCUT2D eigenvalue weighted by Crippen LogP contribution is 2.30. The largest absolute Gasteiger partial charge is 0.493 e. The van der Waals surface area contributed by atoms with E-state index in [0.29, 0.717) is 41.5 Å². The topological polar surface area (TPSA) is 138 Å². The molecule has 0 heterocycles. The number of ether oxygens (including phenoxy) is 4. The maximum Gasteiger partial charge on any atom is 0.415 e. The normalized spacial score (nSPS) is 10.9. The zero-order chi connectivity index (χ0) is 27.2. The van der Waals surface area contributed by atoms with Crippen LogP contribution in [0.1, 0.15) is 17.5 Å². The lowest BCUT2D eigenvalue weighted by Gasteiger charge is -2.17. The van der Waals surface area contributed by atoms with Crippen LogP contribution >= 0.6 is 0 Å². The molecule has 0 radical (unpaired) electrons. The summed E-state index contributed by atoms with van der Waals surface area (Å²) in [6.07, 6.45) is 4.87. The first-order valence-corrected chi connectivity index (χ1v) is 11.5. The van der Waals surface area contributed by atoms with Crippen molar-refractivity contribution in [2.75, 3.05) is 47.6 Å². The van der Waals surface area contributed by atoms with Crippen molar-refractivity contribution in [3.8, 4) is 23.0 Å². The van der Waals surface area contributed by atoms with Gasteiger partial charge in [0.2, 0.25) is 0 Å². The highest BCUT2D eigenvalue weighted by molar-refractivity contribution is 6.10. The predicted octanol–water partition coefficient (Wildman–Crippen LogP) is 2.72. The van der Waals surface area contributed by atoms with E-state index in [9.17, 15) is 14.4 Å². The van der Waals surface area contributed by atoms with Crippen LogP contribution in [0.5, 0.6) is 23.0 Å². The fraction of sp³-hybridized carbons (Fsp3) is 0.296. The molecule has 0 fully saturated rings. The predicted molar refractivity (Wildman–Crippen MR) is 139 cm³/mol. The summed E-state index contributed by atoms with van der Waals surface area (Å²) in [4.78, 5) is 37.9. The maximum atomic E-state index is 12.3. The van der Waals surface area contributed by atoms with Gasteiger partial charge in [0.15, 0.2) is 34.6 Å². The average Bonchev–Trinajstić information content (AvgIpc) is 2.90. The molecule has 0 atom stereocenters. The molecule has 198 valence electrons. The third-order valence-corrected chi connectivity index (χ3v) is 4.97. The van der Waals surface area contributed by atoms with Crippen molar-refractivity contribution in [3.63, 3.8) is 0 Å². The van der Waals surface area contributed by atoms with E-state index in [0.717, 1.165) is 0 Å². The fourth-order valence-electron chi connectivity index (χ4n) is 3.06. The minimum absolute atomic E-state index is 0.122. The van der Waals surface area contributed by atoms with Gasteiger partial charge in [0.05, 0.1) is 27.2 Å². The van der Waals surface area contributed by atoms with Crippen molar-refractivity contribution in [1.29, 1.82) is 0 Å². The minimum atomic E-state index is -0.571. The molecule has 1 amide bonds. The van der Waals surface area contributed by atoms with E-state index in [1.165, 1.54) is 31.3 Å². The zero-order valence-corrected chi connectivity index (χ0v) is 21.1. The Kier molecular flexibility index (Phi) is 11.8. The van der Waals surface area contributed by atoms with Gasteiger partial charge in [-0.15, -0.1) is 0 Å².